The molecule has 0 atom stereocenters. The molecular formula is C14H9ClN2O3. The number of halogens is 1. The number of rotatable bonds is 2. The van der Waals surface area contributed by atoms with Gasteiger partial charge in [-0.05, 0) is 36.4 Å². The smallest absolute Gasteiger partial charge is 0.282 e. The van der Waals surface area contributed by atoms with Crippen LogP contribution in [-0.2, 0) is 9.59 Å². The van der Waals surface area contributed by atoms with Gasteiger partial charge in [0.05, 0.1) is 12.0 Å². The van der Waals surface area contributed by atoms with Gasteiger partial charge in [-0.15, -0.1) is 0 Å². The first-order chi connectivity index (χ1) is 9.65. The van der Waals surface area contributed by atoms with Crippen LogP contribution in [0, 0.1) is 0 Å². The van der Waals surface area contributed by atoms with Crippen molar-refractivity contribution in [1.29, 1.82) is 0 Å². The van der Waals surface area contributed by atoms with Crippen LogP contribution in [0.1, 0.15) is 5.76 Å². The predicted octanol–water partition coefficient (Wildman–Crippen LogP) is 2.39. The highest BCUT2D eigenvalue weighted by molar-refractivity contribution is 6.33. The molecule has 2 heterocycles. The monoisotopic (exact) mass is 288 g/mol. The average molecular weight is 289 g/mol. The molecule has 6 heteroatoms. The molecule has 1 fully saturated rings. The van der Waals surface area contributed by atoms with Crippen molar-refractivity contribution in [3.05, 3.63) is 59.0 Å². The van der Waals surface area contributed by atoms with E-state index in [4.69, 9.17) is 16.0 Å². The lowest BCUT2D eigenvalue weighted by Crippen LogP contribution is -2.35. The molecule has 0 saturated carbocycles. The number of carbonyl (C=O) groups excluding carboxylic acids is 2. The Labute approximate surface area is 119 Å². The number of anilines is 1. The highest BCUT2D eigenvalue weighted by atomic mass is 35.5. The molecule has 2 aromatic rings. The van der Waals surface area contributed by atoms with Gasteiger partial charge in [0.2, 0.25) is 0 Å². The van der Waals surface area contributed by atoms with Crippen molar-refractivity contribution in [3.8, 4) is 0 Å². The highest BCUT2D eigenvalue weighted by Crippen LogP contribution is 2.23. The van der Waals surface area contributed by atoms with E-state index >= 15 is 0 Å². The van der Waals surface area contributed by atoms with Crippen LogP contribution in [0.15, 0.2) is 52.7 Å². The summed E-state index contributed by atoms with van der Waals surface area (Å²) in [4.78, 5) is 24.1. The first-order valence-electron chi connectivity index (χ1n) is 5.81. The van der Waals surface area contributed by atoms with Crippen molar-refractivity contribution in [2.45, 2.75) is 0 Å². The van der Waals surface area contributed by atoms with E-state index in [1.54, 1.807) is 36.4 Å². The second-order valence-corrected chi connectivity index (χ2v) is 4.57. The van der Waals surface area contributed by atoms with Gasteiger partial charge in [0.25, 0.3) is 11.8 Å². The summed E-state index contributed by atoms with van der Waals surface area (Å²) in [5.41, 5.74) is 3.00. The molecule has 1 N–H and O–H groups in total. The minimum Gasteiger partial charge on any atom is -0.465 e. The molecule has 0 radical (unpaired) electrons. The van der Waals surface area contributed by atoms with E-state index in [-0.39, 0.29) is 5.57 Å². The van der Waals surface area contributed by atoms with Crippen molar-refractivity contribution in [1.82, 2.24) is 5.43 Å². The van der Waals surface area contributed by atoms with Crippen molar-refractivity contribution in [2.24, 2.45) is 0 Å². The van der Waals surface area contributed by atoms with Gasteiger partial charge >= 0.3 is 0 Å². The van der Waals surface area contributed by atoms with Gasteiger partial charge in [-0.1, -0.05) is 17.7 Å². The van der Waals surface area contributed by atoms with E-state index in [2.05, 4.69) is 5.43 Å². The summed E-state index contributed by atoms with van der Waals surface area (Å²) >= 11 is 5.88. The van der Waals surface area contributed by atoms with E-state index in [0.29, 0.717) is 16.5 Å². The van der Waals surface area contributed by atoms with E-state index in [0.717, 1.165) is 5.01 Å². The van der Waals surface area contributed by atoms with Gasteiger partial charge in [-0.25, -0.2) is 5.01 Å². The minimum absolute atomic E-state index is 0.0138. The highest BCUT2D eigenvalue weighted by Gasteiger charge is 2.34. The Kier molecular flexibility index (Phi) is 3.04. The van der Waals surface area contributed by atoms with Crippen LogP contribution >= 0.6 is 11.6 Å². The van der Waals surface area contributed by atoms with Crippen LogP contribution in [0.3, 0.4) is 0 Å². The SMILES string of the molecule is O=C1NN(c2cccc(Cl)c2)C(=O)/C1=C\c1ccco1. The molecule has 1 aliphatic rings. The quantitative estimate of drug-likeness (QED) is 0.682. The van der Waals surface area contributed by atoms with Gasteiger partial charge in [0, 0.05) is 5.02 Å². The number of amides is 2. The van der Waals surface area contributed by atoms with Crippen LogP contribution in [0.2, 0.25) is 5.02 Å². The zero-order chi connectivity index (χ0) is 14.1. The third-order valence-electron chi connectivity index (χ3n) is 2.79. The van der Waals surface area contributed by atoms with Crippen LogP contribution in [0.5, 0.6) is 0 Å². The molecular weight excluding hydrogens is 280 g/mol. The number of hydrogen-bond donors (Lipinski definition) is 1. The Morgan fingerprint density at radius 3 is 2.75 bits per heavy atom. The maximum atomic E-state index is 12.2. The van der Waals surface area contributed by atoms with E-state index in [9.17, 15) is 9.59 Å². The van der Waals surface area contributed by atoms with Crippen LogP contribution in [0.4, 0.5) is 5.69 Å². The van der Waals surface area contributed by atoms with Gasteiger partial charge < -0.3 is 4.42 Å². The topological polar surface area (TPSA) is 62.6 Å². The fourth-order valence-electron chi connectivity index (χ4n) is 1.87. The molecule has 20 heavy (non-hydrogen) atoms. The Morgan fingerprint density at radius 1 is 1.20 bits per heavy atom. The summed E-state index contributed by atoms with van der Waals surface area (Å²) in [6.45, 7) is 0. The van der Waals surface area contributed by atoms with Gasteiger partial charge in [-0.2, -0.15) is 0 Å². The standard InChI is InChI=1S/C14H9ClN2O3/c15-9-3-1-4-10(7-9)17-14(19)12(13(18)16-17)8-11-5-2-6-20-11/h1-8H,(H,16,18)/b12-8-. The Morgan fingerprint density at radius 2 is 2.05 bits per heavy atom. The molecule has 1 saturated heterocycles. The summed E-state index contributed by atoms with van der Waals surface area (Å²) in [6.07, 6.45) is 2.88. The number of hydrogen-bond acceptors (Lipinski definition) is 3. The largest absolute Gasteiger partial charge is 0.465 e. The predicted molar refractivity (Wildman–Crippen MR) is 73.8 cm³/mol. The molecule has 1 aliphatic heterocycles. The third kappa shape index (κ3) is 2.19. The van der Waals surface area contributed by atoms with Gasteiger partial charge in [0.15, 0.2) is 0 Å². The Bertz CT molecular complexity index is 707. The van der Waals surface area contributed by atoms with Gasteiger partial charge in [-0.3, -0.25) is 15.0 Å². The lowest BCUT2D eigenvalue weighted by molar-refractivity contribution is -0.117. The van der Waals surface area contributed by atoms with Crippen molar-refractivity contribution < 1.29 is 14.0 Å². The molecule has 0 bridgehead atoms. The number of benzene rings is 1. The van der Waals surface area contributed by atoms with Crippen LogP contribution in [0.25, 0.3) is 6.08 Å². The number of nitrogens with zero attached hydrogens (tertiary/aromatic N) is 1. The second-order valence-electron chi connectivity index (χ2n) is 4.13. The normalized spacial score (nSPS) is 16.9. The van der Waals surface area contributed by atoms with Crippen molar-refractivity contribution in [3.63, 3.8) is 0 Å². The number of nitrogens with one attached hydrogen (secondary N) is 1. The average Bonchev–Trinajstić information content (AvgIpc) is 3.02. The lowest BCUT2D eigenvalue weighted by atomic mass is 10.2. The number of carbonyl (C=O) groups is 2. The summed E-state index contributed by atoms with van der Waals surface area (Å²) in [5, 5.41) is 1.64. The maximum Gasteiger partial charge on any atom is 0.282 e. The summed E-state index contributed by atoms with van der Waals surface area (Å²) in [5.74, 6) is -0.489. The minimum atomic E-state index is -0.480. The fraction of sp³-hybridized carbons (Fsp3) is 0. The zero-order valence-electron chi connectivity index (χ0n) is 10.2. The zero-order valence-corrected chi connectivity index (χ0v) is 10.9. The van der Waals surface area contributed by atoms with Gasteiger partial charge in [0.1, 0.15) is 11.3 Å². The lowest BCUT2D eigenvalue weighted by Gasteiger charge is -2.14. The van der Waals surface area contributed by atoms with E-state index < -0.39 is 11.8 Å². The molecule has 3 rings (SSSR count). The molecule has 0 aliphatic carbocycles. The maximum absolute atomic E-state index is 12.2. The Balaban J connectivity index is 1.95. The Hall–Kier alpha value is -2.53. The summed E-state index contributed by atoms with van der Waals surface area (Å²) < 4.78 is 5.10. The molecule has 100 valence electrons. The summed E-state index contributed by atoms with van der Waals surface area (Å²) in [6, 6.07) is 10.0. The molecule has 0 spiro atoms. The molecule has 2 amide bonds. The van der Waals surface area contributed by atoms with Crippen molar-refractivity contribution in [2.75, 3.05) is 5.01 Å². The molecule has 1 aromatic carbocycles. The third-order valence-corrected chi connectivity index (χ3v) is 3.02. The number of hydrazine groups is 1. The first kappa shape index (κ1) is 12.5. The second kappa shape index (κ2) is 4.86. The molecule has 0 unspecified atom stereocenters. The van der Waals surface area contributed by atoms with Crippen LogP contribution < -0.4 is 10.4 Å². The van der Waals surface area contributed by atoms with Crippen LogP contribution in [-0.4, -0.2) is 11.8 Å². The molecule has 5 nitrogen and oxygen atoms in total. The number of furan rings is 1. The molecule has 1 aromatic heterocycles. The van der Waals surface area contributed by atoms with E-state index in [1.807, 2.05) is 0 Å². The summed E-state index contributed by atoms with van der Waals surface area (Å²) in [7, 11) is 0. The van der Waals surface area contributed by atoms with Crippen molar-refractivity contribution >= 4 is 35.2 Å². The fourth-order valence-corrected chi connectivity index (χ4v) is 2.05. The van der Waals surface area contributed by atoms with E-state index in [1.165, 1.54) is 12.3 Å². The first-order valence-corrected chi connectivity index (χ1v) is 6.19.